The Kier molecular flexibility index (Phi) is 7.23. The Balaban J connectivity index is 1.47. The van der Waals surface area contributed by atoms with Crippen molar-refractivity contribution in [2.75, 3.05) is 30.3 Å². The van der Waals surface area contributed by atoms with Gasteiger partial charge in [0.25, 0.3) is 0 Å². The summed E-state index contributed by atoms with van der Waals surface area (Å²) in [6.45, 7) is 12.8. The number of anilines is 1. The molecule has 34 heavy (non-hydrogen) atoms. The highest BCUT2D eigenvalue weighted by atomic mass is 32.2. The quantitative estimate of drug-likeness (QED) is 0.257. The fourth-order valence-electron chi connectivity index (χ4n) is 3.99. The van der Waals surface area contributed by atoms with Crippen LogP contribution >= 0.6 is 23.1 Å². The molecule has 1 fully saturated rings. The van der Waals surface area contributed by atoms with E-state index in [1.807, 2.05) is 45.0 Å². The largest absolute Gasteiger partial charge is 0.356 e. The summed E-state index contributed by atoms with van der Waals surface area (Å²) < 4.78 is 0. The van der Waals surface area contributed by atoms with Crippen molar-refractivity contribution in [2.24, 2.45) is 5.41 Å². The molecule has 1 N–H and O–H groups in total. The lowest BCUT2D eigenvalue weighted by Crippen LogP contribution is -2.53. The zero-order valence-electron chi connectivity index (χ0n) is 20.3. The average molecular weight is 498 g/mol. The van der Waals surface area contributed by atoms with Crippen LogP contribution in [-0.2, 0) is 4.79 Å². The molecule has 1 amide bonds. The normalized spacial score (nSPS) is 15.7. The number of aromatic nitrogens is 3. The molecule has 1 saturated heterocycles. The lowest BCUT2D eigenvalue weighted by Gasteiger charge is -2.46. The smallest absolute Gasteiger partial charge is 0.228 e. The summed E-state index contributed by atoms with van der Waals surface area (Å²) >= 11 is 2.78. The van der Waals surface area contributed by atoms with E-state index in [-0.39, 0.29) is 23.4 Å². The van der Waals surface area contributed by atoms with Gasteiger partial charge in [-0.25, -0.2) is 15.0 Å². The Bertz CT molecular complexity index is 1220. The highest BCUT2D eigenvalue weighted by Crippen LogP contribution is 2.34. The molecule has 7 nitrogen and oxygen atoms in total. The van der Waals surface area contributed by atoms with Crippen LogP contribution in [0.25, 0.3) is 11.0 Å². The van der Waals surface area contributed by atoms with Crippen LogP contribution in [0.15, 0.2) is 29.3 Å². The third kappa shape index (κ3) is 5.41. The van der Waals surface area contributed by atoms with Crippen LogP contribution in [-0.4, -0.2) is 52.0 Å². The summed E-state index contributed by atoms with van der Waals surface area (Å²) in [7, 11) is 0. The number of hydrogen-bond acceptors (Lipinski definition) is 8. The third-order valence-electron chi connectivity index (χ3n) is 5.78. The van der Waals surface area contributed by atoms with Gasteiger partial charge in [-0.1, -0.05) is 32.5 Å². The number of thiophene rings is 1. The summed E-state index contributed by atoms with van der Waals surface area (Å²) in [4.78, 5) is 43.0. The number of hydrogen-bond donors (Lipinski definition) is 1. The van der Waals surface area contributed by atoms with E-state index < -0.39 is 0 Å². The van der Waals surface area contributed by atoms with Crippen LogP contribution in [0.1, 0.15) is 60.4 Å². The van der Waals surface area contributed by atoms with Gasteiger partial charge in [-0.2, -0.15) is 0 Å². The number of pyridine rings is 1. The van der Waals surface area contributed by atoms with E-state index in [9.17, 15) is 9.59 Å². The van der Waals surface area contributed by atoms with Crippen LogP contribution < -0.4 is 10.2 Å². The number of nitrogens with zero attached hydrogens (tertiary/aromatic N) is 4. The fraction of sp³-hybridized carbons (Fsp3) is 0.480. The topological polar surface area (TPSA) is 88.1 Å². The number of carbonyl (C=O) groups excluding carboxylic acids is 2. The molecule has 0 spiro atoms. The van der Waals surface area contributed by atoms with Crippen LogP contribution in [0.2, 0.25) is 0 Å². The van der Waals surface area contributed by atoms with Crippen LogP contribution in [0, 0.1) is 12.3 Å². The number of ketones is 1. The number of aryl methyl sites for hydroxylation is 1. The predicted octanol–water partition coefficient (Wildman–Crippen LogP) is 4.85. The lowest BCUT2D eigenvalue weighted by molar-refractivity contribution is -0.122. The maximum atomic E-state index is 12.9. The molecule has 0 aliphatic carbocycles. The number of rotatable bonds is 9. The van der Waals surface area contributed by atoms with Crippen molar-refractivity contribution in [3.8, 4) is 0 Å². The molecule has 4 rings (SSSR count). The van der Waals surface area contributed by atoms with E-state index in [2.05, 4.69) is 34.0 Å². The summed E-state index contributed by atoms with van der Waals surface area (Å²) in [6.07, 6.45) is 0.896. The number of Topliss-reactive ketones (excluding diaryl/α,β-unsaturated/α-hetero) is 1. The molecule has 1 aliphatic rings. The molecule has 3 aromatic heterocycles. The molecule has 180 valence electrons. The minimum Gasteiger partial charge on any atom is -0.356 e. The Labute approximate surface area is 208 Å². The van der Waals surface area contributed by atoms with Crippen molar-refractivity contribution in [1.82, 2.24) is 20.3 Å². The highest BCUT2D eigenvalue weighted by molar-refractivity contribution is 8.00. The van der Waals surface area contributed by atoms with Crippen molar-refractivity contribution in [3.63, 3.8) is 0 Å². The van der Waals surface area contributed by atoms with Gasteiger partial charge in [-0.15, -0.1) is 11.3 Å². The van der Waals surface area contributed by atoms with E-state index in [0.717, 1.165) is 46.3 Å². The van der Waals surface area contributed by atoms with Gasteiger partial charge in [-0.05, 0) is 49.9 Å². The minimum absolute atomic E-state index is 0.00697. The fourth-order valence-corrected chi connectivity index (χ4v) is 5.98. The highest BCUT2D eigenvalue weighted by Gasteiger charge is 2.35. The molecule has 1 atom stereocenters. The number of nitrogens with one attached hydrogen (secondary N) is 1. The van der Waals surface area contributed by atoms with Crippen molar-refractivity contribution < 1.29 is 9.59 Å². The predicted molar refractivity (Wildman–Crippen MR) is 139 cm³/mol. The van der Waals surface area contributed by atoms with Gasteiger partial charge in [0.2, 0.25) is 5.91 Å². The molecule has 1 unspecified atom stereocenters. The zero-order valence-corrected chi connectivity index (χ0v) is 22.0. The molecule has 0 radical (unpaired) electrons. The van der Waals surface area contributed by atoms with Crippen LogP contribution in [0.5, 0.6) is 0 Å². The standard InChI is InChI=1S/C25H31N5O2S2/c1-6-11-26-23(32)15(2)19-8-9-20(34-19)18(31)12-33-24-22-17(27-16(3)28-24)7-10-21(29-22)30-13-25(4,5)14-30/h7-10,15H,6,11-14H2,1-5H3,(H,26,32). The van der Waals surface area contributed by atoms with Gasteiger partial charge in [0.05, 0.1) is 22.1 Å². The van der Waals surface area contributed by atoms with Crippen molar-refractivity contribution >= 4 is 51.6 Å². The van der Waals surface area contributed by atoms with E-state index in [1.54, 1.807) is 0 Å². The van der Waals surface area contributed by atoms with Crippen molar-refractivity contribution in [3.05, 3.63) is 39.8 Å². The van der Waals surface area contributed by atoms with Gasteiger partial charge >= 0.3 is 0 Å². The monoisotopic (exact) mass is 497 g/mol. The lowest BCUT2D eigenvalue weighted by atomic mass is 9.84. The van der Waals surface area contributed by atoms with Crippen molar-refractivity contribution in [1.29, 1.82) is 0 Å². The molecule has 4 heterocycles. The number of fused-ring (bicyclic) bond motifs is 1. The summed E-state index contributed by atoms with van der Waals surface area (Å²) in [5, 5.41) is 3.64. The molecule has 0 saturated carbocycles. The number of carbonyl (C=O) groups is 2. The Morgan fingerprint density at radius 1 is 1.18 bits per heavy atom. The van der Waals surface area contributed by atoms with E-state index >= 15 is 0 Å². The Morgan fingerprint density at radius 3 is 2.65 bits per heavy atom. The molecular weight excluding hydrogens is 466 g/mol. The summed E-state index contributed by atoms with van der Waals surface area (Å²) in [6, 6.07) is 7.69. The molecule has 0 bridgehead atoms. The molecule has 1 aliphatic heterocycles. The maximum Gasteiger partial charge on any atom is 0.228 e. The number of thioether (sulfide) groups is 1. The minimum atomic E-state index is -0.270. The average Bonchev–Trinajstić information content (AvgIpc) is 3.28. The molecule has 9 heteroatoms. The number of amides is 1. The first-order chi connectivity index (χ1) is 16.2. The second-order valence-electron chi connectivity index (χ2n) is 9.56. The molecule has 3 aromatic rings. The maximum absolute atomic E-state index is 12.9. The van der Waals surface area contributed by atoms with E-state index in [1.165, 1.54) is 23.1 Å². The SMILES string of the molecule is CCCNC(=O)C(C)c1ccc(C(=O)CSc2nc(C)nc3ccc(N4CC(C)(C)C4)nc23)s1. The summed E-state index contributed by atoms with van der Waals surface area (Å²) in [5.74, 6) is 1.58. The van der Waals surface area contributed by atoms with E-state index in [0.29, 0.717) is 22.7 Å². The van der Waals surface area contributed by atoms with Crippen molar-refractivity contribution in [2.45, 2.75) is 52.0 Å². The second kappa shape index (κ2) is 10.00. The van der Waals surface area contributed by atoms with Gasteiger partial charge in [-0.3, -0.25) is 9.59 Å². The third-order valence-corrected chi connectivity index (χ3v) is 8.05. The zero-order chi connectivity index (χ0) is 24.5. The first-order valence-corrected chi connectivity index (χ1v) is 13.4. The Morgan fingerprint density at radius 2 is 1.94 bits per heavy atom. The van der Waals surface area contributed by atoms with Gasteiger partial charge in [0.1, 0.15) is 22.2 Å². The summed E-state index contributed by atoms with van der Waals surface area (Å²) in [5.41, 5.74) is 1.83. The molecular formula is C25H31N5O2S2. The second-order valence-corrected chi connectivity index (χ2v) is 11.6. The van der Waals surface area contributed by atoms with E-state index in [4.69, 9.17) is 4.98 Å². The molecule has 0 aromatic carbocycles. The Hall–Kier alpha value is -2.52. The van der Waals surface area contributed by atoms with Crippen LogP contribution in [0.4, 0.5) is 5.82 Å². The first-order valence-electron chi connectivity index (χ1n) is 11.6. The van der Waals surface area contributed by atoms with Gasteiger partial charge < -0.3 is 10.2 Å². The van der Waals surface area contributed by atoms with Gasteiger partial charge in [0.15, 0.2) is 5.78 Å². The van der Waals surface area contributed by atoms with Crippen LogP contribution in [0.3, 0.4) is 0 Å². The van der Waals surface area contributed by atoms with Gasteiger partial charge in [0, 0.05) is 24.5 Å². The first kappa shape index (κ1) is 24.6.